The zero-order chi connectivity index (χ0) is 12.3. The molecule has 0 amide bonds. The van der Waals surface area contributed by atoms with Crippen LogP contribution in [0.25, 0.3) is 0 Å². The Balaban J connectivity index is 1.92. The maximum absolute atomic E-state index is 9.85. The first kappa shape index (κ1) is 12.1. The van der Waals surface area contributed by atoms with Crippen molar-refractivity contribution in [3.8, 4) is 5.75 Å². The molecule has 0 fully saturated rings. The number of benzene rings is 1. The summed E-state index contributed by atoms with van der Waals surface area (Å²) in [5, 5.41) is 14.2. The fraction of sp³-hybridized carbons (Fsp3) is 0.308. The van der Waals surface area contributed by atoms with Crippen LogP contribution in [0.2, 0.25) is 0 Å². The minimum absolute atomic E-state index is 0.389. The van der Waals surface area contributed by atoms with Gasteiger partial charge in [-0.1, -0.05) is 18.2 Å². The number of nitrogens with zero attached hydrogens (tertiary/aromatic N) is 1. The summed E-state index contributed by atoms with van der Waals surface area (Å²) in [4.78, 5) is 5.42. The summed E-state index contributed by atoms with van der Waals surface area (Å²) in [5.41, 5.74) is 1.85. The van der Waals surface area contributed by atoms with Gasteiger partial charge in [-0.25, -0.2) is 4.98 Å². The number of aromatic nitrogens is 1. The molecular formula is C13H16N2OS. The molecule has 2 aromatic rings. The second-order valence-corrected chi connectivity index (χ2v) is 5.35. The van der Waals surface area contributed by atoms with Crippen molar-refractivity contribution in [1.82, 2.24) is 10.3 Å². The number of nitrogens with one attached hydrogen (secondary N) is 1. The van der Waals surface area contributed by atoms with Crippen molar-refractivity contribution in [2.24, 2.45) is 0 Å². The highest BCUT2D eigenvalue weighted by Gasteiger charge is 2.03. The number of hydrogen-bond acceptors (Lipinski definition) is 4. The molecule has 2 N–H and O–H groups in total. The zero-order valence-electron chi connectivity index (χ0n) is 10.0. The smallest absolute Gasteiger partial charge is 0.122 e. The Bertz CT molecular complexity index is 508. The van der Waals surface area contributed by atoms with Gasteiger partial charge in [-0.15, -0.1) is 11.3 Å². The average Bonchev–Trinajstić information content (AvgIpc) is 2.70. The third-order valence-electron chi connectivity index (χ3n) is 2.61. The van der Waals surface area contributed by atoms with Crippen LogP contribution in [0.1, 0.15) is 21.0 Å². The minimum Gasteiger partial charge on any atom is -0.507 e. The van der Waals surface area contributed by atoms with Crippen LogP contribution in [0, 0.1) is 13.8 Å². The third kappa shape index (κ3) is 3.05. The first-order valence-corrected chi connectivity index (χ1v) is 6.38. The standard InChI is InChI=1S/C13H16N2OS/c1-9-4-3-5-11(13(9)16)6-14-7-12-8-15-10(2)17-12/h3-5,8,14,16H,6-7H2,1-2H3. The molecule has 2 rings (SSSR count). The van der Waals surface area contributed by atoms with Gasteiger partial charge in [0.2, 0.25) is 0 Å². The van der Waals surface area contributed by atoms with Gasteiger partial charge in [0.05, 0.1) is 5.01 Å². The molecule has 0 spiro atoms. The highest BCUT2D eigenvalue weighted by molar-refractivity contribution is 7.11. The zero-order valence-corrected chi connectivity index (χ0v) is 10.8. The molecule has 1 aromatic heterocycles. The molecule has 0 aliphatic heterocycles. The molecule has 1 heterocycles. The second kappa shape index (κ2) is 5.29. The summed E-state index contributed by atoms with van der Waals surface area (Å²) >= 11 is 1.69. The molecule has 0 aliphatic rings. The number of phenols is 1. The van der Waals surface area contributed by atoms with Crippen LogP contribution in [0.15, 0.2) is 24.4 Å². The van der Waals surface area contributed by atoms with Gasteiger partial charge in [-0.05, 0) is 19.4 Å². The maximum Gasteiger partial charge on any atom is 0.122 e. The van der Waals surface area contributed by atoms with E-state index in [1.807, 2.05) is 38.2 Å². The normalized spacial score (nSPS) is 10.7. The molecule has 0 aliphatic carbocycles. The number of aryl methyl sites for hydroxylation is 2. The Labute approximate surface area is 105 Å². The summed E-state index contributed by atoms with van der Waals surface area (Å²) < 4.78 is 0. The van der Waals surface area contributed by atoms with Crippen LogP contribution in [-0.4, -0.2) is 10.1 Å². The van der Waals surface area contributed by atoms with Gasteiger partial charge in [0.25, 0.3) is 0 Å². The average molecular weight is 248 g/mol. The topological polar surface area (TPSA) is 45.2 Å². The van der Waals surface area contributed by atoms with Crippen LogP contribution in [0.5, 0.6) is 5.75 Å². The van der Waals surface area contributed by atoms with E-state index < -0.39 is 0 Å². The monoisotopic (exact) mass is 248 g/mol. The van der Waals surface area contributed by atoms with E-state index >= 15 is 0 Å². The Morgan fingerprint density at radius 2 is 2.12 bits per heavy atom. The largest absolute Gasteiger partial charge is 0.507 e. The van der Waals surface area contributed by atoms with Crippen LogP contribution in [0.3, 0.4) is 0 Å². The van der Waals surface area contributed by atoms with Gasteiger partial charge in [-0.2, -0.15) is 0 Å². The lowest BCUT2D eigenvalue weighted by Gasteiger charge is -2.07. The lowest BCUT2D eigenvalue weighted by molar-refractivity contribution is 0.460. The highest BCUT2D eigenvalue weighted by Crippen LogP contribution is 2.21. The summed E-state index contributed by atoms with van der Waals surface area (Å²) in [7, 11) is 0. The Morgan fingerprint density at radius 1 is 1.29 bits per heavy atom. The summed E-state index contributed by atoms with van der Waals surface area (Å²) in [6.07, 6.45) is 1.89. The Kier molecular flexibility index (Phi) is 3.76. The molecule has 0 saturated heterocycles. The number of phenolic OH excluding ortho intramolecular Hbond substituents is 1. The van der Waals surface area contributed by atoms with Crippen LogP contribution < -0.4 is 5.32 Å². The van der Waals surface area contributed by atoms with E-state index in [-0.39, 0.29) is 0 Å². The van der Waals surface area contributed by atoms with Gasteiger partial charge in [-0.3, -0.25) is 0 Å². The summed E-state index contributed by atoms with van der Waals surface area (Å²) in [6, 6.07) is 5.81. The molecule has 0 unspecified atom stereocenters. The fourth-order valence-electron chi connectivity index (χ4n) is 1.67. The van der Waals surface area contributed by atoms with Crippen molar-refractivity contribution in [3.63, 3.8) is 0 Å². The van der Waals surface area contributed by atoms with E-state index in [1.54, 1.807) is 11.3 Å². The maximum atomic E-state index is 9.85. The molecule has 3 nitrogen and oxygen atoms in total. The van der Waals surface area contributed by atoms with Crippen LogP contribution in [-0.2, 0) is 13.1 Å². The van der Waals surface area contributed by atoms with E-state index in [1.165, 1.54) is 4.88 Å². The number of rotatable bonds is 4. The van der Waals surface area contributed by atoms with E-state index in [2.05, 4.69) is 10.3 Å². The summed E-state index contributed by atoms with van der Waals surface area (Å²) in [6.45, 7) is 5.37. The number of thiazole rings is 1. The predicted octanol–water partition coefficient (Wildman–Crippen LogP) is 2.76. The lowest BCUT2D eigenvalue weighted by atomic mass is 10.1. The van der Waals surface area contributed by atoms with Crippen molar-refractivity contribution >= 4 is 11.3 Å². The van der Waals surface area contributed by atoms with Crippen molar-refractivity contribution in [3.05, 3.63) is 45.4 Å². The quantitative estimate of drug-likeness (QED) is 0.874. The minimum atomic E-state index is 0.389. The molecule has 17 heavy (non-hydrogen) atoms. The molecule has 0 saturated carbocycles. The molecule has 0 radical (unpaired) electrons. The number of para-hydroxylation sites is 1. The highest BCUT2D eigenvalue weighted by atomic mass is 32.1. The van der Waals surface area contributed by atoms with Gasteiger partial charge in [0.15, 0.2) is 0 Å². The van der Waals surface area contributed by atoms with E-state index in [9.17, 15) is 5.11 Å². The molecule has 90 valence electrons. The Morgan fingerprint density at radius 3 is 2.82 bits per heavy atom. The second-order valence-electron chi connectivity index (χ2n) is 4.03. The van der Waals surface area contributed by atoms with Crippen molar-refractivity contribution in [1.29, 1.82) is 0 Å². The third-order valence-corrected chi connectivity index (χ3v) is 3.52. The first-order chi connectivity index (χ1) is 8.16. The SMILES string of the molecule is Cc1ncc(CNCc2cccc(C)c2O)s1. The van der Waals surface area contributed by atoms with E-state index in [4.69, 9.17) is 0 Å². The molecule has 4 heteroatoms. The fourth-order valence-corrected chi connectivity index (χ4v) is 2.43. The van der Waals surface area contributed by atoms with Gasteiger partial charge < -0.3 is 10.4 Å². The first-order valence-electron chi connectivity index (χ1n) is 5.56. The van der Waals surface area contributed by atoms with Gasteiger partial charge in [0, 0.05) is 29.7 Å². The van der Waals surface area contributed by atoms with Gasteiger partial charge in [0.1, 0.15) is 5.75 Å². The predicted molar refractivity (Wildman–Crippen MR) is 70.2 cm³/mol. The Hall–Kier alpha value is -1.39. The van der Waals surface area contributed by atoms with Crippen molar-refractivity contribution < 1.29 is 5.11 Å². The summed E-state index contributed by atoms with van der Waals surface area (Å²) in [5.74, 6) is 0.389. The van der Waals surface area contributed by atoms with Crippen LogP contribution >= 0.6 is 11.3 Å². The lowest BCUT2D eigenvalue weighted by Crippen LogP contribution is -2.12. The molecule has 1 aromatic carbocycles. The van der Waals surface area contributed by atoms with Crippen molar-refractivity contribution in [2.45, 2.75) is 26.9 Å². The van der Waals surface area contributed by atoms with Crippen LogP contribution in [0.4, 0.5) is 0 Å². The molecular weight excluding hydrogens is 232 g/mol. The molecule has 0 bridgehead atoms. The molecule has 0 atom stereocenters. The number of aromatic hydroxyl groups is 1. The van der Waals surface area contributed by atoms with E-state index in [0.29, 0.717) is 12.3 Å². The van der Waals surface area contributed by atoms with E-state index in [0.717, 1.165) is 22.7 Å². The van der Waals surface area contributed by atoms with Gasteiger partial charge >= 0.3 is 0 Å². The number of hydrogen-bond donors (Lipinski definition) is 2. The van der Waals surface area contributed by atoms with Crippen molar-refractivity contribution in [2.75, 3.05) is 0 Å².